The molecule has 1 heterocycles. The minimum Gasteiger partial charge on any atom is -0.356 e. The number of unbranched alkanes of at least 4 members (excludes halogenated alkanes) is 2. The molecule has 0 saturated heterocycles. The Morgan fingerprint density at radius 2 is 1.57 bits per heavy atom. The molecule has 4 rings (SSSR count). The van der Waals surface area contributed by atoms with E-state index in [1.165, 1.54) is 33.3 Å². The molecule has 182 valence electrons. The van der Waals surface area contributed by atoms with Crippen LogP contribution in [0.4, 0.5) is 0 Å². The zero-order valence-electron chi connectivity index (χ0n) is 21.5. The predicted octanol–water partition coefficient (Wildman–Crippen LogP) is 6.39. The Labute approximate surface area is 209 Å². The lowest BCUT2D eigenvalue weighted by molar-refractivity contribution is -0.120. The van der Waals surface area contributed by atoms with Crippen molar-refractivity contribution in [1.82, 2.24) is 14.9 Å². The minimum atomic E-state index is 0.102. The van der Waals surface area contributed by atoms with Gasteiger partial charge in [-0.1, -0.05) is 60.5 Å². The Kier molecular flexibility index (Phi) is 8.02. The fourth-order valence-electron chi connectivity index (χ4n) is 4.97. The highest BCUT2D eigenvalue weighted by molar-refractivity contribution is 5.79. The Bertz CT molecular complexity index is 1300. The number of amides is 1. The molecule has 0 aliphatic rings. The second-order valence-electron chi connectivity index (χ2n) is 9.74. The van der Waals surface area contributed by atoms with E-state index >= 15 is 0 Å². The van der Waals surface area contributed by atoms with Crippen molar-refractivity contribution in [2.75, 3.05) is 6.54 Å². The van der Waals surface area contributed by atoms with Gasteiger partial charge in [0.25, 0.3) is 0 Å². The number of nitrogens with one attached hydrogen (secondary N) is 1. The highest BCUT2D eigenvalue weighted by atomic mass is 16.1. The largest absolute Gasteiger partial charge is 0.356 e. The molecular weight excluding hydrogens is 430 g/mol. The van der Waals surface area contributed by atoms with Crippen molar-refractivity contribution in [3.63, 3.8) is 0 Å². The van der Waals surface area contributed by atoms with Gasteiger partial charge in [-0.3, -0.25) is 4.79 Å². The van der Waals surface area contributed by atoms with Gasteiger partial charge in [0, 0.05) is 19.5 Å². The zero-order chi connectivity index (χ0) is 24.8. The lowest BCUT2D eigenvalue weighted by Gasteiger charge is -2.15. The number of imidazole rings is 1. The predicted molar refractivity (Wildman–Crippen MR) is 145 cm³/mol. The van der Waals surface area contributed by atoms with Gasteiger partial charge in [-0.2, -0.15) is 0 Å². The van der Waals surface area contributed by atoms with Gasteiger partial charge in [-0.05, 0) is 80.5 Å². The second kappa shape index (κ2) is 11.4. The van der Waals surface area contributed by atoms with Crippen molar-refractivity contribution in [2.24, 2.45) is 0 Å². The van der Waals surface area contributed by atoms with Crippen molar-refractivity contribution in [1.29, 1.82) is 0 Å². The number of rotatable bonds is 10. The van der Waals surface area contributed by atoms with Crippen LogP contribution in [0, 0.1) is 27.7 Å². The van der Waals surface area contributed by atoms with E-state index in [1.807, 2.05) is 18.2 Å². The van der Waals surface area contributed by atoms with E-state index in [0.717, 1.165) is 55.7 Å². The number of aryl methyl sites for hydroxylation is 5. The highest BCUT2D eigenvalue weighted by Gasteiger charge is 2.13. The summed E-state index contributed by atoms with van der Waals surface area (Å²) in [6, 6.07) is 21.1. The highest BCUT2D eigenvalue weighted by Crippen LogP contribution is 2.23. The Balaban J connectivity index is 1.33. The van der Waals surface area contributed by atoms with Gasteiger partial charge >= 0.3 is 0 Å². The third kappa shape index (κ3) is 6.19. The molecule has 1 amide bonds. The normalized spacial score (nSPS) is 11.2. The summed E-state index contributed by atoms with van der Waals surface area (Å²) in [6.07, 6.45) is 4.50. The maximum atomic E-state index is 12.3. The van der Waals surface area contributed by atoms with Crippen LogP contribution in [-0.4, -0.2) is 22.0 Å². The first-order valence-electron chi connectivity index (χ1n) is 12.7. The number of fused-ring (bicyclic) bond motifs is 1. The number of nitrogens with zero attached hydrogens (tertiary/aromatic N) is 2. The first-order valence-corrected chi connectivity index (χ1v) is 12.7. The number of aromatic nitrogens is 2. The number of hydrogen-bond donors (Lipinski definition) is 1. The summed E-state index contributed by atoms with van der Waals surface area (Å²) >= 11 is 0. The van der Waals surface area contributed by atoms with Crippen LogP contribution in [0.5, 0.6) is 0 Å². The molecule has 0 radical (unpaired) electrons. The maximum absolute atomic E-state index is 12.3. The molecule has 0 atom stereocenters. The molecule has 0 aliphatic carbocycles. The van der Waals surface area contributed by atoms with Crippen LogP contribution in [0.1, 0.15) is 58.5 Å². The van der Waals surface area contributed by atoms with E-state index < -0.39 is 0 Å². The SMILES string of the molecule is Cc1cc(C)c(Cn2c(CCCCCNC(=O)Cc3ccccc3C)nc3ccccc32)c(C)c1. The van der Waals surface area contributed by atoms with Gasteiger partial charge in [0.05, 0.1) is 17.5 Å². The Morgan fingerprint density at radius 1 is 0.857 bits per heavy atom. The van der Waals surface area contributed by atoms with Crippen LogP contribution in [0.3, 0.4) is 0 Å². The van der Waals surface area contributed by atoms with Crippen molar-refractivity contribution in [2.45, 2.75) is 66.3 Å². The molecule has 4 nitrogen and oxygen atoms in total. The Hall–Kier alpha value is -3.40. The molecule has 4 aromatic rings. The topological polar surface area (TPSA) is 46.9 Å². The third-order valence-electron chi connectivity index (χ3n) is 6.90. The first-order chi connectivity index (χ1) is 16.9. The van der Waals surface area contributed by atoms with Gasteiger partial charge in [-0.25, -0.2) is 4.98 Å². The number of carbonyl (C=O) groups is 1. The summed E-state index contributed by atoms with van der Waals surface area (Å²) in [5, 5.41) is 3.08. The van der Waals surface area contributed by atoms with Crippen LogP contribution in [0.2, 0.25) is 0 Å². The van der Waals surface area contributed by atoms with E-state index in [1.54, 1.807) is 0 Å². The monoisotopic (exact) mass is 467 g/mol. The molecule has 0 unspecified atom stereocenters. The smallest absolute Gasteiger partial charge is 0.224 e. The quantitative estimate of drug-likeness (QED) is 0.275. The van der Waals surface area contributed by atoms with Gasteiger partial charge in [0.15, 0.2) is 0 Å². The van der Waals surface area contributed by atoms with Gasteiger partial charge in [0.2, 0.25) is 5.91 Å². The molecule has 0 fully saturated rings. The molecule has 0 bridgehead atoms. The molecular formula is C31H37N3O. The average molecular weight is 468 g/mol. The van der Waals surface area contributed by atoms with Crippen molar-refractivity contribution < 1.29 is 4.79 Å². The van der Waals surface area contributed by atoms with E-state index in [-0.39, 0.29) is 5.91 Å². The van der Waals surface area contributed by atoms with Gasteiger partial charge < -0.3 is 9.88 Å². The summed E-state index contributed by atoms with van der Waals surface area (Å²) in [7, 11) is 0. The molecule has 1 aromatic heterocycles. The number of para-hydroxylation sites is 2. The standard InChI is InChI=1S/C31H37N3O/c1-22-18-24(3)27(25(4)19-22)21-34-29-15-10-9-14-28(29)33-30(34)16-6-5-11-17-32-31(35)20-26-13-8-7-12-23(26)2/h7-10,12-15,18-19H,5-6,11,16-17,20-21H2,1-4H3,(H,32,35). The van der Waals surface area contributed by atoms with Crippen LogP contribution < -0.4 is 5.32 Å². The van der Waals surface area contributed by atoms with Crippen LogP contribution in [-0.2, 0) is 24.2 Å². The summed E-state index contributed by atoms with van der Waals surface area (Å²) in [5.41, 5.74) is 9.91. The summed E-state index contributed by atoms with van der Waals surface area (Å²) in [5.74, 6) is 1.25. The lowest BCUT2D eigenvalue weighted by Crippen LogP contribution is -2.26. The summed E-state index contributed by atoms with van der Waals surface area (Å²) in [4.78, 5) is 17.3. The molecule has 0 saturated carbocycles. The summed E-state index contributed by atoms with van der Waals surface area (Å²) < 4.78 is 2.39. The fourth-order valence-corrected chi connectivity index (χ4v) is 4.97. The van der Waals surface area contributed by atoms with Crippen LogP contribution >= 0.6 is 0 Å². The van der Waals surface area contributed by atoms with E-state index in [9.17, 15) is 4.79 Å². The molecule has 3 aromatic carbocycles. The molecule has 1 N–H and O–H groups in total. The summed E-state index contributed by atoms with van der Waals surface area (Å²) in [6.45, 7) is 10.2. The minimum absolute atomic E-state index is 0.102. The molecule has 35 heavy (non-hydrogen) atoms. The molecule has 0 spiro atoms. The van der Waals surface area contributed by atoms with Gasteiger partial charge in [-0.15, -0.1) is 0 Å². The van der Waals surface area contributed by atoms with Crippen LogP contribution in [0.15, 0.2) is 60.7 Å². The Morgan fingerprint density at radius 3 is 2.34 bits per heavy atom. The van der Waals surface area contributed by atoms with Crippen molar-refractivity contribution in [3.8, 4) is 0 Å². The van der Waals surface area contributed by atoms with Crippen molar-refractivity contribution in [3.05, 3.63) is 99.9 Å². The second-order valence-corrected chi connectivity index (χ2v) is 9.74. The van der Waals surface area contributed by atoms with E-state index in [4.69, 9.17) is 4.98 Å². The number of hydrogen-bond acceptors (Lipinski definition) is 2. The lowest BCUT2D eigenvalue weighted by atomic mass is 9.99. The molecule has 0 aliphatic heterocycles. The third-order valence-corrected chi connectivity index (χ3v) is 6.90. The fraction of sp³-hybridized carbons (Fsp3) is 0.355. The van der Waals surface area contributed by atoms with E-state index in [0.29, 0.717) is 6.42 Å². The molecule has 4 heteroatoms. The average Bonchev–Trinajstić information content (AvgIpc) is 3.17. The number of carbonyl (C=O) groups excluding carboxylic acids is 1. The van der Waals surface area contributed by atoms with Crippen molar-refractivity contribution >= 4 is 16.9 Å². The maximum Gasteiger partial charge on any atom is 0.224 e. The van der Waals surface area contributed by atoms with E-state index in [2.05, 4.69) is 80.0 Å². The van der Waals surface area contributed by atoms with Crippen LogP contribution in [0.25, 0.3) is 11.0 Å². The van der Waals surface area contributed by atoms with Gasteiger partial charge in [0.1, 0.15) is 5.82 Å². The first kappa shape index (κ1) is 24.7. The zero-order valence-corrected chi connectivity index (χ0v) is 21.5. The number of benzene rings is 3.